The van der Waals surface area contributed by atoms with Crippen LogP contribution < -0.4 is 0 Å². The second-order valence-corrected chi connectivity index (χ2v) is 4.58. The minimum Gasteiger partial charge on any atom is -0.469 e. The zero-order valence-corrected chi connectivity index (χ0v) is 10.8. The topological polar surface area (TPSA) is 26.3 Å². The summed E-state index contributed by atoms with van der Waals surface area (Å²) in [5, 5.41) is 0. The summed E-state index contributed by atoms with van der Waals surface area (Å²) in [6, 6.07) is 8.07. The van der Waals surface area contributed by atoms with Crippen LogP contribution in [0.5, 0.6) is 0 Å². The van der Waals surface area contributed by atoms with Crippen molar-refractivity contribution in [2.24, 2.45) is 5.92 Å². The van der Waals surface area contributed by atoms with Crippen molar-refractivity contribution in [3.8, 4) is 0 Å². The van der Waals surface area contributed by atoms with Crippen molar-refractivity contribution in [3.05, 3.63) is 59.7 Å². The maximum Gasteiger partial charge on any atom is 0.314 e. The van der Waals surface area contributed by atoms with Gasteiger partial charge in [-0.15, -0.1) is 0 Å². The molecule has 1 aromatic carbocycles. The summed E-state index contributed by atoms with van der Waals surface area (Å²) in [5.41, 5.74) is 2.20. The molecule has 1 aliphatic rings. The lowest BCUT2D eigenvalue weighted by Crippen LogP contribution is -2.21. The van der Waals surface area contributed by atoms with Gasteiger partial charge in [-0.25, -0.2) is 0 Å². The van der Waals surface area contributed by atoms with E-state index in [-0.39, 0.29) is 17.8 Å². The zero-order valence-electron chi connectivity index (χ0n) is 10.8. The van der Waals surface area contributed by atoms with Gasteiger partial charge in [0.25, 0.3) is 0 Å². The second-order valence-electron chi connectivity index (χ2n) is 4.58. The monoisotopic (exact) mass is 242 g/mol. The first-order valence-electron chi connectivity index (χ1n) is 6.20. The fourth-order valence-electron chi connectivity index (χ4n) is 2.25. The number of carbonyl (C=O) groups is 1. The van der Waals surface area contributed by atoms with E-state index in [9.17, 15) is 4.79 Å². The number of ether oxygens (including phenoxy) is 1. The van der Waals surface area contributed by atoms with E-state index < -0.39 is 0 Å². The van der Waals surface area contributed by atoms with Gasteiger partial charge in [0.15, 0.2) is 0 Å². The molecule has 0 aromatic heterocycles. The number of hydrogen-bond donors (Lipinski definition) is 0. The number of hydrogen-bond acceptors (Lipinski definition) is 2. The van der Waals surface area contributed by atoms with Crippen LogP contribution in [0, 0.1) is 12.8 Å². The van der Waals surface area contributed by atoms with Crippen LogP contribution >= 0.6 is 0 Å². The SMILES string of the molecule is COC(=O)[C@@H](c1ccc(C)cc1)C1C=CCC=C1. The lowest BCUT2D eigenvalue weighted by atomic mass is 9.83. The molecule has 2 nitrogen and oxygen atoms in total. The van der Waals surface area contributed by atoms with Crippen LogP contribution in [-0.2, 0) is 9.53 Å². The van der Waals surface area contributed by atoms with E-state index in [0.29, 0.717) is 0 Å². The molecule has 0 bridgehead atoms. The van der Waals surface area contributed by atoms with E-state index in [1.54, 1.807) is 0 Å². The largest absolute Gasteiger partial charge is 0.469 e. The number of aryl methyl sites for hydroxylation is 1. The van der Waals surface area contributed by atoms with Gasteiger partial charge in [0.05, 0.1) is 13.0 Å². The van der Waals surface area contributed by atoms with E-state index >= 15 is 0 Å². The molecule has 2 rings (SSSR count). The molecule has 0 aliphatic heterocycles. The minimum absolute atomic E-state index is 0.0916. The smallest absolute Gasteiger partial charge is 0.314 e. The van der Waals surface area contributed by atoms with Gasteiger partial charge < -0.3 is 4.74 Å². The van der Waals surface area contributed by atoms with Crippen LogP contribution in [-0.4, -0.2) is 13.1 Å². The molecule has 0 spiro atoms. The molecule has 0 fully saturated rings. The quantitative estimate of drug-likeness (QED) is 0.600. The van der Waals surface area contributed by atoms with Crippen LogP contribution in [0.4, 0.5) is 0 Å². The van der Waals surface area contributed by atoms with Crippen LogP contribution in [0.15, 0.2) is 48.6 Å². The summed E-state index contributed by atoms with van der Waals surface area (Å²) in [5.74, 6) is -0.336. The lowest BCUT2D eigenvalue weighted by Gasteiger charge is -2.22. The van der Waals surface area contributed by atoms with E-state index in [2.05, 4.69) is 24.3 Å². The lowest BCUT2D eigenvalue weighted by molar-refractivity contribution is -0.143. The summed E-state index contributed by atoms with van der Waals surface area (Å²) >= 11 is 0. The minimum atomic E-state index is -0.247. The van der Waals surface area contributed by atoms with Crippen LogP contribution in [0.25, 0.3) is 0 Å². The average molecular weight is 242 g/mol. The van der Waals surface area contributed by atoms with Gasteiger partial charge in [-0.3, -0.25) is 4.79 Å². The molecule has 0 saturated heterocycles. The highest BCUT2D eigenvalue weighted by atomic mass is 16.5. The molecular formula is C16H18O2. The molecule has 0 saturated carbocycles. The first-order valence-corrected chi connectivity index (χ1v) is 6.20. The number of carbonyl (C=O) groups excluding carboxylic acids is 1. The molecule has 1 atom stereocenters. The van der Waals surface area contributed by atoms with E-state index in [1.165, 1.54) is 12.7 Å². The van der Waals surface area contributed by atoms with Crippen molar-refractivity contribution < 1.29 is 9.53 Å². The van der Waals surface area contributed by atoms with Crippen molar-refractivity contribution in [2.75, 3.05) is 7.11 Å². The zero-order chi connectivity index (χ0) is 13.0. The highest BCUT2D eigenvalue weighted by Crippen LogP contribution is 2.30. The molecule has 1 aliphatic carbocycles. The van der Waals surface area contributed by atoms with Crippen molar-refractivity contribution in [3.63, 3.8) is 0 Å². The molecule has 0 N–H and O–H groups in total. The molecule has 0 amide bonds. The maximum atomic E-state index is 12.0. The second kappa shape index (κ2) is 5.67. The first-order chi connectivity index (χ1) is 8.72. The van der Waals surface area contributed by atoms with Gasteiger partial charge >= 0.3 is 5.97 Å². The Morgan fingerprint density at radius 3 is 2.39 bits per heavy atom. The summed E-state index contributed by atoms with van der Waals surface area (Å²) in [7, 11) is 1.44. The molecular weight excluding hydrogens is 224 g/mol. The van der Waals surface area contributed by atoms with Crippen LogP contribution in [0.3, 0.4) is 0 Å². The van der Waals surface area contributed by atoms with Gasteiger partial charge in [-0.1, -0.05) is 54.1 Å². The van der Waals surface area contributed by atoms with E-state index in [0.717, 1.165) is 12.0 Å². The summed E-state index contributed by atoms with van der Waals surface area (Å²) in [6.45, 7) is 2.04. The predicted molar refractivity (Wildman–Crippen MR) is 72.3 cm³/mol. The normalized spacial score (nSPS) is 16.6. The van der Waals surface area contributed by atoms with Crippen LogP contribution in [0.2, 0.25) is 0 Å². The van der Waals surface area contributed by atoms with Gasteiger partial charge in [-0.05, 0) is 18.9 Å². The Balaban J connectivity index is 2.33. The maximum absolute atomic E-state index is 12.0. The predicted octanol–water partition coefficient (Wildman–Crippen LogP) is 3.38. The molecule has 2 heteroatoms. The fraction of sp³-hybridized carbons (Fsp3) is 0.312. The molecule has 0 heterocycles. The Morgan fingerprint density at radius 2 is 1.83 bits per heavy atom. The number of methoxy groups -OCH3 is 1. The van der Waals surface area contributed by atoms with Crippen LogP contribution in [0.1, 0.15) is 23.5 Å². The molecule has 0 unspecified atom stereocenters. The molecule has 18 heavy (non-hydrogen) atoms. The Labute approximate surface area is 108 Å². The Morgan fingerprint density at radius 1 is 1.22 bits per heavy atom. The van der Waals surface area contributed by atoms with Crippen molar-refractivity contribution in [1.82, 2.24) is 0 Å². The average Bonchev–Trinajstić information content (AvgIpc) is 2.42. The van der Waals surface area contributed by atoms with Gasteiger partial charge in [-0.2, -0.15) is 0 Å². The van der Waals surface area contributed by atoms with E-state index in [1.807, 2.05) is 31.2 Å². The summed E-state index contributed by atoms with van der Waals surface area (Å²) < 4.78 is 4.94. The van der Waals surface area contributed by atoms with E-state index in [4.69, 9.17) is 4.74 Å². The number of rotatable bonds is 3. The molecule has 0 radical (unpaired) electrons. The standard InChI is InChI=1S/C16H18O2/c1-12-8-10-14(11-9-12)15(16(17)18-2)13-6-4-3-5-7-13/h4-11,13,15H,3H2,1-2H3/t15-/m1/s1. The fourth-order valence-corrected chi connectivity index (χ4v) is 2.25. The molecule has 1 aromatic rings. The summed E-state index contributed by atoms with van der Waals surface area (Å²) in [6.07, 6.45) is 9.30. The third-order valence-electron chi connectivity index (χ3n) is 3.27. The number of benzene rings is 1. The third-order valence-corrected chi connectivity index (χ3v) is 3.27. The Kier molecular flexibility index (Phi) is 3.98. The Hall–Kier alpha value is -1.83. The third kappa shape index (κ3) is 2.70. The summed E-state index contributed by atoms with van der Waals surface area (Å²) in [4.78, 5) is 12.0. The first kappa shape index (κ1) is 12.6. The van der Waals surface area contributed by atoms with Crippen molar-refractivity contribution in [2.45, 2.75) is 19.3 Å². The molecule has 94 valence electrons. The van der Waals surface area contributed by atoms with Gasteiger partial charge in [0.1, 0.15) is 0 Å². The highest BCUT2D eigenvalue weighted by molar-refractivity contribution is 5.79. The van der Waals surface area contributed by atoms with Gasteiger partial charge in [0.2, 0.25) is 0 Å². The number of esters is 1. The van der Waals surface area contributed by atoms with Gasteiger partial charge in [0, 0.05) is 5.92 Å². The van der Waals surface area contributed by atoms with Crippen molar-refractivity contribution in [1.29, 1.82) is 0 Å². The van der Waals surface area contributed by atoms with Crippen molar-refractivity contribution >= 4 is 5.97 Å². The number of allylic oxidation sites excluding steroid dienone is 4. The highest BCUT2D eigenvalue weighted by Gasteiger charge is 2.28. The Bertz CT molecular complexity index is 456.